The topological polar surface area (TPSA) is 63.3 Å². The van der Waals surface area contributed by atoms with Crippen molar-refractivity contribution in [2.75, 3.05) is 5.73 Å². The highest BCUT2D eigenvalue weighted by molar-refractivity contribution is 9.10. The molecule has 0 aliphatic heterocycles. The van der Waals surface area contributed by atoms with Crippen molar-refractivity contribution in [3.8, 4) is 10.4 Å². The number of halogens is 2. The van der Waals surface area contributed by atoms with E-state index in [9.17, 15) is 4.79 Å². The van der Waals surface area contributed by atoms with Gasteiger partial charge in [0.1, 0.15) is 4.88 Å². The summed E-state index contributed by atoms with van der Waals surface area (Å²) in [5, 5.41) is 9.63. The van der Waals surface area contributed by atoms with Crippen molar-refractivity contribution in [3.05, 3.63) is 38.1 Å². The molecule has 0 saturated carbocycles. The summed E-state index contributed by atoms with van der Waals surface area (Å²) in [6.45, 7) is 1.80. The monoisotopic (exact) mass is 345 g/mol. The minimum Gasteiger partial charge on any atom is -0.477 e. The molecule has 2 aromatic rings. The van der Waals surface area contributed by atoms with Gasteiger partial charge in [0.05, 0.1) is 5.69 Å². The summed E-state index contributed by atoms with van der Waals surface area (Å²) in [5.74, 6) is -1.02. The summed E-state index contributed by atoms with van der Waals surface area (Å²) in [6.07, 6.45) is 0. The number of nitrogen functional groups attached to an aromatic ring is 1. The maximum Gasteiger partial charge on any atom is 0.348 e. The molecule has 0 unspecified atom stereocenters. The van der Waals surface area contributed by atoms with Crippen LogP contribution in [0.15, 0.2) is 22.7 Å². The summed E-state index contributed by atoms with van der Waals surface area (Å²) in [7, 11) is 0. The molecule has 6 heteroatoms. The number of hydrogen-bond donors (Lipinski definition) is 2. The summed E-state index contributed by atoms with van der Waals surface area (Å²) < 4.78 is 0.880. The number of nitrogens with two attached hydrogens (primary N) is 1. The van der Waals surface area contributed by atoms with Gasteiger partial charge in [0, 0.05) is 19.9 Å². The van der Waals surface area contributed by atoms with Crippen molar-refractivity contribution in [3.63, 3.8) is 0 Å². The Balaban J connectivity index is 2.68. The van der Waals surface area contributed by atoms with Gasteiger partial charge in [0.25, 0.3) is 0 Å². The van der Waals surface area contributed by atoms with Gasteiger partial charge < -0.3 is 10.8 Å². The molecule has 0 aliphatic rings. The van der Waals surface area contributed by atoms with Gasteiger partial charge in [-0.15, -0.1) is 11.3 Å². The Morgan fingerprint density at radius 2 is 2.17 bits per heavy atom. The number of thiophene rings is 1. The van der Waals surface area contributed by atoms with Crippen LogP contribution in [0.1, 0.15) is 15.2 Å². The second kappa shape index (κ2) is 4.91. The molecule has 0 fully saturated rings. The van der Waals surface area contributed by atoms with Gasteiger partial charge in [-0.3, -0.25) is 0 Å². The molecule has 1 heterocycles. The first-order chi connectivity index (χ1) is 8.41. The van der Waals surface area contributed by atoms with E-state index in [1.165, 1.54) is 0 Å². The lowest BCUT2D eigenvalue weighted by molar-refractivity contribution is 0.0703. The van der Waals surface area contributed by atoms with Crippen LogP contribution in [0.5, 0.6) is 0 Å². The predicted molar refractivity (Wildman–Crippen MR) is 78.6 cm³/mol. The molecule has 2 rings (SSSR count). The molecule has 94 valence electrons. The predicted octanol–water partition coefficient (Wildman–Crippen LogP) is 4.42. The summed E-state index contributed by atoms with van der Waals surface area (Å²) in [5.41, 5.74) is 7.64. The fourth-order valence-corrected chi connectivity index (χ4v) is 3.34. The zero-order valence-electron chi connectivity index (χ0n) is 9.33. The second-order valence-electron chi connectivity index (χ2n) is 3.73. The number of carbonyl (C=O) groups is 1. The van der Waals surface area contributed by atoms with Crippen molar-refractivity contribution < 1.29 is 9.90 Å². The molecule has 3 nitrogen and oxygen atoms in total. The number of carboxylic acid groups (broad SMARTS) is 1. The lowest BCUT2D eigenvalue weighted by Crippen LogP contribution is -1.97. The van der Waals surface area contributed by atoms with E-state index >= 15 is 0 Å². The molecule has 0 bridgehead atoms. The van der Waals surface area contributed by atoms with Crippen LogP contribution >= 0.6 is 38.9 Å². The first kappa shape index (κ1) is 13.4. The van der Waals surface area contributed by atoms with Crippen molar-refractivity contribution in [1.29, 1.82) is 0 Å². The van der Waals surface area contributed by atoms with Crippen LogP contribution in [0.2, 0.25) is 5.02 Å². The van der Waals surface area contributed by atoms with E-state index < -0.39 is 5.97 Å². The molecule has 0 saturated heterocycles. The zero-order valence-corrected chi connectivity index (χ0v) is 12.5. The Morgan fingerprint density at radius 1 is 1.50 bits per heavy atom. The maximum atomic E-state index is 11.1. The maximum absolute atomic E-state index is 11.1. The first-order valence-electron chi connectivity index (χ1n) is 4.99. The van der Waals surface area contributed by atoms with Crippen molar-refractivity contribution >= 4 is 50.5 Å². The summed E-state index contributed by atoms with van der Waals surface area (Å²) in [4.78, 5) is 12.0. The number of anilines is 1. The Morgan fingerprint density at radius 3 is 2.72 bits per heavy atom. The van der Waals surface area contributed by atoms with Crippen LogP contribution in [0, 0.1) is 6.92 Å². The van der Waals surface area contributed by atoms with Gasteiger partial charge in [-0.05, 0) is 30.7 Å². The fraction of sp³-hybridized carbons (Fsp3) is 0.0833. The van der Waals surface area contributed by atoms with Crippen LogP contribution in [0.3, 0.4) is 0 Å². The van der Waals surface area contributed by atoms with E-state index in [-0.39, 0.29) is 4.88 Å². The van der Waals surface area contributed by atoms with Gasteiger partial charge >= 0.3 is 5.97 Å². The average Bonchev–Trinajstić information content (AvgIpc) is 2.60. The largest absolute Gasteiger partial charge is 0.477 e. The molecule has 0 aliphatic carbocycles. The lowest BCUT2D eigenvalue weighted by Gasteiger charge is -2.04. The highest BCUT2D eigenvalue weighted by atomic mass is 79.9. The average molecular weight is 347 g/mol. The zero-order chi connectivity index (χ0) is 13.4. The highest BCUT2D eigenvalue weighted by Gasteiger charge is 2.20. The van der Waals surface area contributed by atoms with E-state index in [4.69, 9.17) is 22.4 Å². The van der Waals surface area contributed by atoms with E-state index in [1.807, 2.05) is 12.1 Å². The summed E-state index contributed by atoms with van der Waals surface area (Å²) >= 11 is 10.7. The van der Waals surface area contributed by atoms with Crippen LogP contribution < -0.4 is 5.73 Å². The van der Waals surface area contributed by atoms with Crippen LogP contribution in [0.25, 0.3) is 10.4 Å². The van der Waals surface area contributed by atoms with Crippen molar-refractivity contribution in [2.45, 2.75) is 6.92 Å². The number of hydrogen-bond acceptors (Lipinski definition) is 3. The lowest BCUT2D eigenvalue weighted by atomic mass is 10.1. The minimum absolute atomic E-state index is 0.151. The molecule has 1 aromatic heterocycles. The SMILES string of the molecule is Cc1c(-c2cc(Br)ccc2Cl)sc(C(=O)O)c1N. The molecular formula is C12H9BrClNO2S. The molecule has 18 heavy (non-hydrogen) atoms. The van der Waals surface area contributed by atoms with Gasteiger partial charge in [-0.2, -0.15) is 0 Å². The third kappa shape index (κ3) is 2.25. The van der Waals surface area contributed by atoms with Gasteiger partial charge in [0.15, 0.2) is 0 Å². The smallest absolute Gasteiger partial charge is 0.348 e. The molecule has 3 N–H and O–H groups in total. The highest BCUT2D eigenvalue weighted by Crippen LogP contribution is 2.41. The fourth-order valence-electron chi connectivity index (χ4n) is 1.61. The van der Waals surface area contributed by atoms with Crippen LogP contribution in [-0.2, 0) is 0 Å². The molecule has 0 atom stereocenters. The number of benzene rings is 1. The minimum atomic E-state index is -1.02. The van der Waals surface area contributed by atoms with Crippen LogP contribution in [-0.4, -0.2) is 11.1 Å². The van der Waals surface area contributed by atoms with E-state index in [2.05, 4.69) is 15.9 Å². The first-order valence-corrected chi connectivity index (χ1v) is 6.98. The standard InChI is InChI=1S/C12H9BrClNO2S/c1-5-9(15)11(12(16)17)18-10(5)7-4-6(13)2-3-8(7)14/h2-4H,15H2,1H3,(H,16,17). The Bertz CT molecular complexity index is 639. The quantitative estimate of drug-likeness (QED) is 0.846. The molecule has 0 radical (unpaired) electrons. The van der Waals surface area contributed by atoms with Crippen molar-refractivity contribution in [1.82, 2.24) is 0 Å². The Hall–Kier alpha value is -1.04. The van der Waals surface area contributed by atoms with E-state index in [1.54, 1.807) is 13.0 Å². The Kier molecular flexibility index (Phi) is 3.66. The molecule has 0 amide bonds. The number of aromatic carboxylic acids is 1. The molecular weight excluding hydrogens is 338 g/mol. The molecule has 0 spiro atoms. The summed E-state index contributed by atoms with van der Waals surface area (Å²) in [6, 6.07) is 5.44. The normalized spacial score (nSPS) is 10.6. The third-order valence-electron chi connectivity index (χ3n) is 2.56. The Labute approximate surface area is 121 Å². The number of carboxylic acids is 1. The van der Waals surface area contributed by atoms with Gasteiger partial charge in [0.2, 0.25) is 0 Å². The van der Waals surface area contributed by atoms with Gasteiger partial charge in [-0.25, -0.2) is 4.79 Å². The van der Waals surface area contributed by atoms with Gasteiger partial charge in [-0.1, -0.05) is 27.5 Å². The van der Waals surface area contributed by atoms with E-state index in [0.29, 0.717) is 10.7 Å². The van der Waals surface area contributed by atoms with Crippen molar-refractivity contribution in [2.24, 2.45) is 0 Å². The molecule has 1 aromatic carbocycles. The van der Waals surface area contributed by atoms with E-state index in [0.717, 1.165) is 31.8 Å². The second-order valence-corrected chi connectivity index (χ2v) is 6.07. The third-order valence-corrected chi connectivity index (χ3v) is 4.71. The van der Waals surface area contributed by atoms with Crippen LogP contribution in [0.4, 0.5) is 5.69 Å². The number of rotatable bonds is 2.